The quantitative estimate of drug-likeness (QED) is 0.482. The Morgan fingerprint density at radius 2 is 2.43 bits per heavy atom. The van der Waals surface area contributed by atoms with Gasteiger partial charge in [0.25, 0.3) is 0 Å². The lowest BCUT2D eigenvalue weighted by molar-refractivity contribution is 0.211. The number of rotatable bonds is 1. The molecule has 0 heterocycles. The molecule has 0 radical (unpaired) electrons. The van der Waals surface area contributed by atoms with Crippen molar-refractivity contribution < 1.29 is 14.2 Å². The molecule has 1 unspecified atom stereocenters. The highest BCUT2D eigenvalue weighted by molar-refractivity contribution is 7.45. The Bertz CT molecular complexity index is 73.3. The highest BCUT2D eigenvalue weighted by atomic mass is 31.2. The minimum atomic E-state index is -1.61. The molecule has 0 aliphatic rings. The van der Waals surface area contributed by atoms with Crippen LogP contribution in [-0.2, 0) is 4.52 Å². The van der Waals surface area contributed by atoms with Gasteiger partial charge in [-0.15, -0.1) is 0 Å². The molecule has 1 atom stereocenters. The topological polar surface area (TPSA) is 72.6 Å². The maximum atomic E-state index is 9.67. The lowest BCUT2D eigenvalue weighted by atomic mass is 11.3. The predicted octanol–water partition coefficient (Wildman–Crippen LogP) is 0.0157. The van der Waals surface area contributed by atoms with E-state index in [-0.39, 0.29) is 0 Å². The van der Waals surface area contributed by atoms with Crippen LogP contribution in [0.25, 0.3) is 0 Å². The van der Waals surface area contributed by atoms with Crippen LogP contribution in [0.15, 0.2) is 0 Å². The molecule has 0 bridgehead atoms. The molecule has 0 aromatic rings. The number of primary amides is 1. The molecule has 4 nitrogen and oxygen atoms in total. The van der Waals surface area contributed by atoms with Crippen molar-refractivity contribution in [3.8, 4) is 0 Å². The van der Waals surface area contributed by atoms with Crippen molar-refractivity contribution >= 4 is 14.5 Å². The first kappa shape index (κ1) is 6.66. The molecule has 42 valence electrons. The molecule has 0 aromatic carbocycles. The largest absolute Gasteiger partial charge is 0.409 e. The molecule has 0 rings (SSSR count). The maximum absolute atomic E-state index is 9.67. The van der Waals surface area contributed by atoms with Crippen molar-refractivity contribution in [3.05, 3.63) is 0 Å². The lowest BCUT2D eigenvalue weighted by Crippen LogP contribution is -2.08. The summed E-state index contributed by atoms with van der Waals surface area (Å²) in [6, 6.07) is 0. The van der Waals surface area contributed by atoms with Crippen LogP contribution in [0.3, 0.4) is 0 Å². The second-order valence-electron chi connectivity index (χ2n) is 0.875. The monoisotopic (exact) mass is 123 g/mol. The summed E-state index contributed by atoms with van der Waals surface area (Å²) in [6.45, 7) is 1.36. The van der Waals surface area contributed by atoms with Gasteiger partial charge in [-0.25, -0.2) is 4.79 Å². The Labute approximate surface area is 42.2 Å². The van der Waals surface area contributed by atoms with E-state index in [1.54, 1.807) is 0 Å². The number of carbonyl (C=O) groups is 1. The number of hydrogen-bond donors (Lipinski definition) is 2. The van der Waals surface area contributed by atoms with Crippen molar-refractivity contribution in [3.63, 3.8) is 0 Å². The van der Waals surface area contributed by atoms with Gasteiger partial charge >= 0.3 is 6.09 Å². The molecule has 1 amide bonds. The van der Waals surface area contributed by atoms with Gasteiger partial charge in [-0.1, -0.05) is 0 Å². The predicted molar refractivity (Wildman–Crippen MR) is 25.7 cm³/mol. The van der Waals surface area contributed by atoms with Crippen molar-refractivity contribution in [2.45, 2.75) is 0 Å². The van der Waals surface area contributed by atoms with E-state index in [1.807, 2.05) is 0 Å². The summed E-state index contributed by atoms with van der Waals surface area (Å²) in [5, 5.41) is 0. The van der Waals surface area contributed by atoms with Crippen LogP contribution in [0, 0.1) is 0 Å². The minimum absolute atomic E-state index is 0.934. The summed E-state index contributed by atoms with van der Waals surface area (Å²) in [5.41, 5.74) is 4.49. The highest BCUT2D eigenvalue weighted by Gasteiger charge is 1.97. The Kier molecular flexibility index (Phi) is 2.64. The van der Waals surface area contributed by atoms with E-state index in [0.717, 1.165) is 0 Å². The van der Waals surface area contributed by atoms with E-state index < -0.39 is 14.5 Å². The second-order valence-corrected chi connectivity index (χ2v) is 1.99. The molecule has 0 saturated carbocycles. The number of carbonyl (C=O) groups excluding carboxylic acids is 1. The average Bonchev–Trinajstić information content (AvgIpc) is 1.27. The zero-order valence-electron chi connectivity index (χ0n) is 3.79. The van der Waals surface area contributed by atoms with Gasteiger partial charge < -0.3 is 15.2 Å². The molecule has 0 aliphatic heterocycles. The third kappa shape index (κ3) is 5.66. The normalized spacial score (nSPS) is 12.9. The van der Waals surface area contributed by atoms with Gasteiger partial charge in [0, 0.05) is 6.66 Å². The van der Waals surface area contributed by atoms with Crippen LogP contribution in [0.5, 0.6) is 0 Å². The Balaban J connectivity index is 3.13. The molecule has 7 heavy (non-hydrogen) atoms. The van der Waals surface area contributed by atoms with Crippen molar-refractivity contribution in [1.29, 1.82) is 0 Å². The highest BCUT2D eigenvalue weighted by Crippen LogP contribution is 2.23. The SMILES string of the molecule is CP(O)OC(N)=O. The van der Waals surface area contributed by atoms with Gasteiger partial charge in [-0.3, -0.25) is 0 Å². The summed E-state index contributed by atoms with van der Waals surface area (Å²) < 4.78 is 4.01. The summed E-state index contributed by atoms with van der Waals surface area (Å²) in [7, 11) is -1.61. The van der Waals surface area contributed by atoms with E-state index in [9.17, 15) is 4.79 Å². The number of amides is 1. The smallest absolute Gasteiger partial charge is 0.402 e. The first-order valence-corrected chi connectivity index (χ1v) is 3.19. The Morgan fingerprint density at radius 1 is 2.00 bits per heavy atom. The zero-order chi connectivity index (χ0) is 5.86. The fourth-order valence-electron chi connectivity index (χ4n) is 0.130. The summed E-state index contributed by atoms with van der Waals surface area (Å²) in [5.74, 6) is 0. The first-order valence-electron chi connectivity index (χ1n) is 1.53. The van der Waals surface area contributed by atoms with Crippen LogP contribution < -0.4 is 5.73 Å². The van der Waals surface area contributed by atoms with Gasteiger partial charge in [-0.2, -0.15) is 0 Å². The molecule has 0 saturated heterocycles. The number of hydrogen-bond acceptors (Lipinski definition) is 3. The van der Waals surface area contributed by atoms with E-state index in [2.05, 4.69) is 10.3 Å². The molecule has 0 spiro atoms. The van der Waals surface area contributed by atoms with E-state index >= 15 is 0 Å². The fraction of sp³-hybridized carbons (Fsp3) is 0.500. The molecule has 5 heteroatoms. The molecule has 3 N–H and O–H groups in total. The first-order chi connectivity index (χ1) is 3.13. The summed E-state index contributed by atoms with van der Waals surface area (Å²) >= 11 is 0. The molecule has 0 aliphatic carbocycles. The van der Waals surface area contributed by atoms with Crippen molar-refractivity contribution in [2.24, 2.45) is 5.73 Å². The average molecular weight is 123 g/mol. The Hall–Kier alpha value is -0.340. The molecule has 0 aromatic heterocycles. The summed E-state index contributed by atoms with van der Waals surface area (Å²) in [6.07, 6.45) is -0.934. The van der Waals surface area contributed by atoms with Gasteiger partial charge in [0.1, 0.15) is 0 Å². The van der Waals surface area contributed by atoms with Gasteiger partial charge in [-0.05, 0) is 0 Å². The number of nitrogens with two attached hydrogens (primary N) is 1. The standard InChI is InChI=1S/C2H6NO3P/c1-7(5)6-2(3)4/h5H,1H3,(H2,3,4). The zero-order valence-corrected chi connectivity index (χ0v) is 4.68. The van der Waals surface area contributed by atoms with Gasteiger partial charge in [0.05, 0.1) is 0 Å². The van der Waals surface area contributed by atoms with E-state index in [1.165, 1.54) is 6.66 Å². The van der Waals surface area contributed by atoms with Gasteiger partial charge in [0.15, 0.2) is 0 Å². The van der Waals surface area contributed by atoms with Crippen LogP contribution in [0.4, 0.5) is 4.79 Å². The van der Waals surface area contributed by atoms with Crippen molar-refractivity contribution in [2.75, 3.05) is 6.66 Å². The molecular weight excluding hydrogens is 117 g/mol. The minimum Gasteiger partial charge on any atom is -0.402 e. The van der Waals surface area contributed by atoms with Crippen LogP contribution in [0.2, 0.25) is 0 Å². The van der Waals surface area contributed by atoms with E-state index in [4.69, 9.17) is 4.89 Å². The van der Waals surface area contributed by atoms with Crippen LogP contribution in [0.1, 0.15) is 0 Å². The molecular formula is C2H6NO3P. The van der Waals surface area contributed by atoms with Crippen molar-refractivity contribution in [1.82, 2.24) is 0 Å². The maximum Gasteiger partial charge on any atom is 0.409 e. The third-order valence-corrected chi connectivity index (χ3v) is 0.666. The van der Waals surface area contributed by atoms with E-state index in [0.29, 0.717) is 0 Å². The lowest BCUT2D eigenvalue weighted by Gasteiger charge is -1.98. The van der Waals surface area contributed by atoms with Crippen LogP contribution in [-0.4, -0.2) is 17.7 Å². The summed E-state index contributed by atoms with van der Waals surface area (Å²) in [4.78, 5) is 17.9. The third-order valence-electron chi connectivity index (χ3n) is 0.222. The van der Waals surface area contributed by atoms with Gasteiger partial charge in [0.2, 0.25) is 8.38 Å². The Morgan fingerprint density at radius 3 is 2.43 bits per heavy atom. The molecule has 0 fully saturated rings. The second kappa shape index (κ2) is 2.77. The fourth-order valence-corrected chi connectivity index (χ4v) is 0.391. The van der Waals surface area contributed by atoms with Crippen LogP contribution >= 0.6 is 8.38 Å².